The topological polar surface area (TPSA) is 72.9 Å². The first kappa shape index (κ1) is 14.7. The van der Waals surface area contributed by atoms with Gasteiger partial charge in [-0.3, -0.25) is 9.48 Å². The maximum atomic E-state index is 11.6. The lowest BCUT2D eigenvalue weighted by atomic mass is 10.1. The SMILES string of the molecule is CCc1nn(C)cc1CNC(=O)CCCC(C)N. The predicted octanol–water partition coefficient (Wildman–Crippen LogP) is 1.12. The molecule has 0 aromatic carbocycles. The maximum absolute atomic E-state index is 11.6. The Hall–Kier alpha value is -1.36. The average molecular weight is 252 g/mol. The highest BCUT2D eigenvalue weighted by Gasteiger charge is 2.07. The van der Waals surface area contributed by atoms with Crippen LogP contribution in [-0.2, 0) is 24.8 Å². The van der Waals surface area contributed by atoms with Gasteiger partial charge in [0, 0.05) is 37.8 Å². The van der Waals surface area contributed by atoms with Crippen molar-refractivity contribution in [1.82, 2.24) is 15.1 Å². The number of aromatic nitrogens is 2. The molecule has 0 bridgehead atoms. The fourth-order valence-electron chi connectivity index (χ4n) is 1.90. The zero-order valence-corrected chi connectivity index (χ0v) is 11.6. The molecule has 5 nitrogen and oxygen atoms in total. The number of nitrogens with one attached hydrogen (secondary N) is 1. The van der Waals surface area contributed by atoms with Crippen LogP contribution in [0.3, 0.4) is 0 Å². The Bertz CT molecular complexity index is 384. The van der Waals surface area contributed by atoms with Crippen molar-refractivity contribution in [1.29, 1.82) is 0 Å². The van der Waals surface area contributed by atoms with Crippen molar-refractivity contribution in [3.63, 3.8) is 0 Å². The molecule has 0 saturated heterocycles. The van der Waals surface area contributed by atoms with Crippen molar-refractivity contribution in [2.75, 3.05) is 0 Å². The minimum atomic E-state index is 0.0848. The summed E-state index contributed by atoms with van der Waals surface area (Å²) in [6.45, 7) is 4.59. The van der Waals surface area contributed by atoms with Crippen molar-refractivity contribution >= 4 is 5.91 Å². The van der Waals surface area contributed by atoms with Crippen LogP contribution in [0.25, 0.3) is 0 Å². The van der Waals surface area contributed by atoms with E-state index < -0.39 is 0 Å². The molecule has 1 atom stereocenters. The van der Waals surface area contributed by atoms with E-state index in [4.69, 9.17) is 5.73 Å². The van der Waals surface area contributed by atoms with Crippen molar-refractivity contribution in [2.45, 2.75) is 52.1 Å². The van der Waals surface area contributed by atoms with E-state index in [1.807, 2.05) is 20.2 Å². The number of rotatable bonds is 7. The molecule has 0 fully saturated rings. The highest BCUT2D eigenvalue weighted by molar-refractivity contribution is 5.75. The number of aryl methyl sites for hydroxylation is 2. The Morgan fingerprint density at radius 1 is 1.61 bits per heavy atom. The van der Waals surface area contributed by atoms with Crippen LogP contribution in [0.1, 0.15) is 44.4 Å². The Balaban J connectivity index is 2.33. The Morgan fingerprint density at radius 3 is 2.94 bits per heavy atom. The molecule has 0 saturated carbocycles. The van der Waals surface area contributed by atoms with Crippen molar-refractivity contribution in [2.24, 2.45) is 12.8 Å². The molecule has 1 aromatic rings. The van der Waals surface area contributed by atoms with Crippen molar-refractivity contribution in [3.8, 4) is 0 Å². The molecule has 0 radical (unpaired) electrons. The van der Waals surface area contributed by atoms with Crippen LogP contribution in [0.2, 0.25) is 0 Å². The van der Waals surface area contributed by atoms with E-state index in [2.05, 4.69) is 17.3 Å². The standard InChI is InChI=1S/C13H24N4O/c1-4-12-11(9-17(3)16-12)8-15-13(18)7-5-6-10(2)14/h9-10H,4-8,14H2,1-3H3,(H,15,18). The normalized spacial score (nSPS) is 12.4. The van der Waals surface area contributed by atoms with Crippen LogP contribution < -0.4 is 11.1 Å². The van der Waals surface area contributed by atoms with Crippen LogP contribution in [0.4, 0.5) is 0 Å². The van der Waals surface area contributed by atoms with Crippen molar-refractivity contribution in [3.05, 3.63) is 17.5 Å². The molecular weight excluding hydrogens is 228 g/mol. The number of hydrogen-bond donors (Lipinski definition) is 2. The van der Waals surface area contributed by atoms with Gasteiger partial charge in [-0.1, -0.05) is 6.92 Å². The summed E-state index contributed by atoms with van der Waals surface area (Å²) in [5, 5.41) is 7.27. The van der Waals surface area contributed by atoms with E-state index in [9.17, 15) is 4.79 Å². The molecule has 0 spiro atoms. The lowest BCUT2D eigenvalue weighted by Crippen LogP contribution is -2.23. The molecule has 1 aromatic heterocycles. The molecule has 0 aliphatic heterocycles. The quantitative estimate of drug-likeness (QED) is 0.763. The molecule has 3 N–H and O–H groups in total. The van der Waals surface area contributed by atoms with E-state index in [1.165, 1.54) is 0 Å². The summed E-state index contributed by atoms with van der Waals surface area (Å²) in [6, 6.07) is 0.169. The van der Waals surface area contributed by atoms with Crippen molar-refractivity contribution < 1.29 is 4.79 Å². The summed E-state index contributed by atoms with van der Waals surface area (Å²) in [5.74, 6) is 0.0848. The zero-order chi connectivity index (χ0) is 13.5. The van der Waals surface area contributed by atoms with E-state index >= 15 is 0 Å². The monoisotopic (exact) mass is 252 g/mol. The fraction of sp³-hybridized carbons (Fsp3) is 0.692. The Labute approximate surface area is 109 Å². The molecular formula is C13H24N4O. The third-order valence-corrected chi connectivity index (χ3v) is 2.87. The minimum Gasteiger partial charge on any atom is -0.352 e. The van der Waals surface area contributed by atoms with Crippen LogP contribution in [0.15, 0.2) is 6.20 Å². The van der Waals surface area contributed by atoms with Gasteiger partial charge in [0.15, 0.2) is 0 Å². The highest BCUT2D eigenvalue weighted by Crippen LogP contribution is 2.07. The first-order chi connectivity index (χ1) is 8.52. The predicted molar refractivity (Wildman–Crippen MR) is 71.9 cm³/mol. The molecule has 0 aliphatic carbocycles. The molecule has 1 unspecified atom stereocenters. The molecule has 102 valence electrons. The van der Waals surface area contributed by atoms with Gasteiger partial charge in [-0.05, 0) is 26.2 Å². The fourth-order valence-corrected chi connectivity index (χ4v) is 1.90. The summed E-state index contributed by atoms with van der Waals surface area (Å²) in [6.07, 6.45) is 5.12. The zero-order valence-electron chi connectivity index (χ0n) is 11.6. The largest absolute Gasteiger partial charge is 0.352 e. The lowest BCUT2D eigenvalue weighted by Gasteiger charge is -2.06. The van der Waals surface area contributed by atoms with E-state index in [0.29, 0.717) is 13.0 Å². The number of carbonyl (C=O) groups is 1. The second-order valence-electron chi connectivity index (χ2n) is 4.77. The van der Waals surface area contributed by atoms with Gasteiger partial charge in [-0.15, -0.1) is 0 Å². The van der Waals surface area contributed by atoms with Crippen LogP contribution >= 0.6 is 0 Å². The summed E-state index contributed by atoms with van der Waals surface area (Å²) < 4.78 is 1.79. The second kappa shape index (κ2) is 7.16. The first-order valence-corrected chi connectivity index (χ1v) is 6.56. The van der Waals surface area contributed by atoms with Gasteiger partial charge in [0.2, 0.25) is 5.91 Å². The number of hydrogen-bond acceptors (Lipinski definition) is 3. The van der Waals surface area contributed by atoms with Gasteiger partial charge >= 0.3 is 0 Å². The van der Waals surface area contributed by atoms with E-state index in [1.54, 1.807) is 4.68 Å². The average Bonchev–Trinajstić information content (AvgIpc) is 2.66. The minimum absolute atomic E-state index is 0.0848. The molecule has 1 heterocycles. The number of carbonyl (C=O) groups excluding carboxylic acids is 1. The molecule has 1 rings (SSSR count). The second-order valence-corrected chi connectivity index (χ2v) is 4.77. The van der Waals surface area contributed by atoms with Gasteiger partial charge in [-0.2, -0.15) is 5.10 Å². The van der Waals surface area contributed by atoms with Gasteiger partial charge < -0.3 is 11.1 Å². The third-order valence-electron chi connectivity index (χ3n) is 2.87. The highest BCUT2D eigenvalue weighted by atomic mass is 16.1. The molecule has 0 aliphatic rings. The Kier molecular flexibility index (Phi) is 5.85. The summed E-state index contributed by atoms with van der Waals surface area (Å²) in [5.41, 5.74) is 7.79. The molecule has 1 amide bonds. The number of amides is 1. The number of nitrogens with two attached hydrogens (primary N) is 1. The van der Waals surface area contributed by atoms with Gasteiger partial charge in [0.25, 0.3) is 0 Å². The molecule has 18 heavy (non-hydrogen) atoms. The van der Waals surface area contributed by atoms with E-state index in [0.717, 1.165) is 30.5 Å². The van der Waals surface area contributed by atoms with Gasteiger partial charge in [0.1, 0.15) is 0 Å². The van der Waals surface area contributed by atoms with Gasteiger partial charge in [0.05, 0.1) is 5.69 Å². The van der Waals surface area contributed by atoms with Crippen LogP contribution in [0, 0.1) is 0 Å². The Morgan fingerprint density at radius 2 is 2.33 bits per heavy atom. The van der Waals surface area contributed by atoms with Crippen LogP contribution in [0.5, 0.6) is 0 Å². The smallest absolute Gasteiger partial charge is 0.220 e. The third kappa shape index (κ3) is 4.87. The summed E-state index contributed by atoms with van der Waals surface area (Å²) >= 11 is 0. The lowest BCUT2D eigenvalue weighted by molar-refractivity contribution is -0.121. The maximum Gasteiger partial charge on any atom is 0.220 e. The summed E-state index contributed by atoms with van der Waals surface area (Å²) in [4.78, 5) is 11.6. The molecule has 5 heteroatoms. The number of nitrogens with zero attached hydrogens (tertiary/aromatic N) is 2. The van der Waals surface area contributed by atoms with Gasteiger partial charge in [-0.25, -0.2) is 0 Å². The van der Waals surface area contributed by atoms with Crippen LogP contribution in [-0.4, -0.2) is 21.7 Å². The summed E-state index contributed by atoms with van der Waals surface area (Å²) in [7, 11) is 1.90. The van der Waals surface area contributed by atoms with E-state index in [-0.39, 0.29) is 11.9 Å². The first-order valence-electron chi connectivity index (χ1n) is 6.56.